The minimum absolute atomic E-state index is 0.257. The van der Waals surface area contributed by atoms with Crippen LogP contribution in [0.5, 0.6) is 5.75 Å². The molecule has 0 aromatic heterocycles. The molecule has 1 saturated heterocycles. The first kappa shape index (κ1) is 17.3. The predicted molar refractivity (Wildman–Crippen MR) is 88.4 cm³/mol. The predicted octanol–water partition coefficient (Wildman–Crippen LogP) is 2.63. The number of benzene rings is 1. The van der Waals surface area contributed by atoms with Crippen LogP contribution in [0.25, 0.3) is 0 Å². The normalized spacial score (nSPS) is 23.5. The Hall–Kier alpha value is -1.10. The first-order valence-electron chi connectivity index (χ1n) is 8.30. The van der Waals surface area contributed by atoms with Gasteiger partial charge in [-0.3, -0.25) is 4.90 Å². The fourth-order valence-corrected chi connectivity index (χ4v) is 3.07. The van der Waals surface area contributed by atoms with Crippen LogP contribution in [0.15, 0.2) is 24.3 Å². The van der Waals surface area contributed by atoms with Gasteiger partial charge in [-0.05, 0) is 37.5 Å². The molecule has 1 aliphatic rings. The van der Waals surface area contributed by atoms with Crippen LogP contribution < -0.4 is 4.74 Å². The van der Waals surface area contributed by atoms with Gasteiger partial charge in [0.2, 0.25) is 0 Å². The number of aryl methyl sites for hydroxylation is 1. The quantitative estimate of drug-likeness (QED) is 0.877. The lowest BCUT2D eigenvalue weighted by Crippen LogP contribution is -2.51. The Morgan fingerprint density at radius 2 is 2.14 bits per heavy atom. The monoisotopic (exact) mass is 307 g/mol. The van der Waals surface area contributed by atoms with E-state index in [0.717, 1.165) is 30.7 Å². The standard InChI is InChI=1S/C18H29NO3/c1-4-16(5-2)19-9-10-21-13-18(20,12-19)14-22-17-8-6-7-15(3)11-17/h6-8,11,16,20H,4-5,9-10,12-14H2,1-3H3. The molecule has 0 radical (unpaired) electrons. The molecule has 1 fully saturated rings. The van der Waals surface area contributed by atoms with E-state index in [-0.39, 0.29) is 6.61 Å². The molecule has 1 heterocycles. The van der Waals surface area contributed by atoms with Crippen LogP contribution in [0, 0.1) is 6.92 Å². The molecule has 0 aliphatic carbocycles. The van der Waals surface area contributed by atoms with Crippen molar-refractivity contribution in [2.45, 2.75) is 45.3 Å². The maximum Gasteiger partial charge on any atom is 0.134 e. The maximum absolute atomic E-state index is 10.9. The second-order valence-electron chi connectivity index (χ2n) is 6.32. The first-order valence-corrected chi connectivity index (χ1v) is 8.30. The third-order valence-corrected chi connectivity index (χ3v) is 4.35. The minimum atomic E-state index is -0.956. The smallest absolute Gasteiger partial charge is 0.134 e. The van der Waals surface area contributed by atoms with Gasteiger partial charge in [-0.2, -0.15) is 0 Å². The SMILES string of the molecule is CCC(CC)N1CCOCC(O)(COc2cccc(C)c2)C1. The molecular weight excluding hydrogens is 278 g/mol. The molecule has 4 nitrogen and oxygen atoms in total. The van der Waals surface area contributed by atoms with Gasteiger partial charge >= 0.3 is 0 Å². The third kappa shape index (κ3) is 4.70. The van der Waals surface area contributed by atoms with E-state index in [1.807, 2.05) is 31.2 Å². The summed E-state index contributed by atoms with van der Waals surface area (Å²) in [4.78, 5) is 2.34. The van der Waals surface area contributed by atoms with Crippen molar-refractivity contribution in [2.75, 3.05) is 32.9 Å². The van der Waals surface area contributed by atoms with Crippen molar-refractivity contribution in [1.29, 1.82) is 0 Å². The van der Waals surface area contributed by atoms with E-state index >= 15 is 0 Å². The lowest BCUT2D eigenvalue weighted by atomic mass is 10.0. The summed E-state index contributed by atoms with van der Waals surface area (Å²) in [6.45, 7) is 9.16. The first-order chi connectivity index (χ1) is 10.6. The van der Waals surface area contributed by atoms with Crippen molar-refractivity contribution in [3.8, 4) is 5.75 Å². The minimum Gasteiger partial charge on any atom is -0.490 e. The van der Waals surface area contributed by atoms with Crippen LogP contribution in [0.4, 0.5) is 0 Å². The summed E-state index contributed by atoms with van der Waals surface area (Å²) in [5.74, 6) is 0.798. The van der Waals surface area contributed by atoms with Gasteiger partial charge in [0.1, 0.15) is 18.0 Å². The van der Waals surface area contributed by atoms with Crippen LogP contribution in [-0.4, -0.2) is 54.6 Å². The van der Waals surface area contributed by atoms with E-state index in [0.29, 0.717) is 25.8 Å². The average molecular weight is 307 g/mol. The summed E-state index contributed by atoms with van der Waals surface area (Å²) < 4.78 is 11.4. The topological polar surface area (TPSA) is 41.9 Å². The molecule has 1 aliphatic heterocycles. The molecule has 1 N–H and O–H groups in total. The van der Waals surface area contributed by atoms with Crippen molar-refractivity contribution in [3.05, 3.63) is 29.8 Å². The van der Waals surface area contributed by atoms with E-state index in [4.69, 9.17) is 9.47 Å². The number of hydrogen-bond donors (Lipinski definition) is 1. The van der Waals surface area contributed by atoms with Crippen LogP contribution in [-0.2, 0) is 4.74 Å². The highest BCUT2D eigenvalue weighted by Crippen LogP contribution is 2.20. The van der Waals surface area contributed by atoms with Crippen LogP contribution in [0.3, 0.4) is 0 Å². The van der Waals surface area contributed by atoms with Gasteiger partial charge in [0.25, 0.3) is 0 Å². The van der Waals surface area contributed by atoms with Crippen LogP contribution in [0.1, 0.15) is 32.3 Å². The van der Waals surface area contributed by atoms with Gasteiger partial charge in [0.15, 0.2) is 0 Å². The van der Waals surface area contributed by atoms with E-state index in [2.05, 4.69) is 18.7 Å². The molecule has 0 saturated carbocycles. The summed E-state index contributed by atoms with van der Waals surface area (Å²) in [7, 11) is 0. The fourth-order valence-electron chi connectivity index (χ4n) is 3.07. The lowest BCUT2D eigenvalue weighted by Gasteiger charge is -2.34. The van der Waals surface area contributed by atoms with E-state index < -0.39 is 5.60 Å². The van der Waals surface area contributed by atoms with Gasteiger partial charge in [0, 0.05) is 19.1 Å². The Balaban J connectivity index is 2.00. The molecular formula is C18H29NO3. The average Bonchev–Trinajstić information content (AvgIpc) is 2.69. The van der Waals surface area contributed by atoms with Crippen molar-refractivity contribution in [1.82, 2.24) is 4.90 Å². The Labute approximate surface area is 134 Å². The second kappa shape index (κ2) is 7.95. The van der Waals surface area contributed by atoms with Crippen molar-refractivity contribution < 1.29 is 14.6 Å². The number of nitrogens with zero attached hydrogens (tertiary/aromatic N) is 1. The summed E-state index contributed by atoms with van der Waals surface area (Å²) >= 11 is 0. The molecule has 0 amide bonds. The second-order valence-corrected chi connectivity index (χ2v) is 6.32. The van der Waals surface area contributed by atoms with Crippen molar-refractivity contribution in [3.63, 3.8) is 0 Å². The van der Waals surface area contributed by atoms with Gasteiger partial charge in [-0.25, -0.2) is 0 Å². The Morgan fingerprint density at radius 3 is 2.82 bits per heavy atom. The number of ether oxygens (including phenoxy) is 2. The zero-order chi connectivity index (χ0) is 16.0. The number of rotatable bonds is 6. The van der Waals surface area contributed by atoms with Crippen molar-refractivity contribution in [2.24, 2.45) is 0 Å². The number of aliphatic hydroxyl groups is 1. The maximum atomic E-state index is 10.9. The lowest BCUT2D eigenvalue weighted by molar-refractivity contribution is -0.0673. The molecule has 1 aromatic rings. The molecule has 4 heteroatoms. The highest BCUT2D eigenvalue weighted by atomic mass is 16.5. The van der Waals surface area contributed by atoms with Gasteiger partial charge in [-0.1, -0.05) is 26.0 Å². The Kier molecular flexibility index (Phi) is 6.24. The number of hydrogen-bond acceptors (Lipinski definition) is 4. The molecule has 0 spiro atoms. The van der Waals surface area contributed by atoms with Crippen LogP contribution in [0.2, 0.25) is 0 Å². The molecule has 2 rings (SSSR count). The van der Waals surface area contributed by atoms with Gasteiger partial charge in [0.05, 0.1) is 13.2 Å². The number of β-amino-alcohol motifs (C(OH)–C–C–N with tert-alkyl or cyclic N) is 1. The highest BCUT2D eigenvalue weighted by Gasteiger charge is 2.35. The summed E-state index contributed by atoms with van der Waals surface area (Å²) in [5.41, 5.74) is 0.198. The molecule has 1 unspecified atom stereocenters. The van der Waals surface area contributed by atoms with E-state index in [9.17, 15) is 5.11 Å². The van der Waals surface area contributed by atoms with Gasteiger partial charge in [-0.15, -0.1) is 0 Å². The molecule has 124 valence electrons. The highest BCUT2D eigenvalue weighted by molar-refractivity contribution is 5.27. The van der Waals surface area contributed by atoms with E-state index in [1.165, 1.54) is 0 Å². The zero-order valence-electron chi connectivity index (χ0n) is 14.0. The van der Waals surface area contributed by atoms with Gasteiger partial charge < -0.3 is 14.6 Å². The summed E-state index contributed by atoms with van der Waals surface area (Å²) in [6.07, 6.45) is 2.18. The Bertz CT molecular complexity index is 461. The molecule has 0 bridgehead atoms. The van der Waals surface area contributed by atoms with E-state index in [1.54, 1.807) is 0 Å². The summed E-state index contributed by atoms with van der Waals surface area (Å²) in [5, 5.41) is 10.9. The fraction of sp³-hybridized carbons (Fsp3) is 0.667. The molecule has 1 atom stereocenters. The Morgan fingerprint density at radius 1 is 1.36 bits per heavy atom. The van der Waals surface area contributed by atoms with Crippen molar-refractivity contribution >= 4 is 0 Å². The zero-order valence-corrected chi connectivity index (χ0v) is 14.0. The third-order valence-electron chi connectivity index (χ3n) is 4.35. The summed E-state index contributed by atoms with van der Waals surface area (Å²) in [6, 6.07) is 8.40. The molecule has 22 heavy (non-hydrogen) atoms. The van der Waals surface area contributed by atoms with Crippen LogP contribution >= 0.6 is 0 Å². The molecule has 1 aromatic carbocycles. The largest absolute Gasteiger partial charge is 0.490 e.